The van der Waals surface area contributed by atoms with Gasteiger partial charge in [0.2, 0.25) is 7.37 Å². The van der Waals surface area contributed by atoms with Crippen molar-refractivity contribution in [3.05, 3.63) is 0 Å². The first-order valence-corrected chi connectivity index (χ1v) is 5.82. The highest BCUT2D eigenvalue weighted by molar-refractivity contribution is 7.59. The summed E-state index contributed by atoms with van der Waals surface area (Å²) in [6.45, 7) is 3.83. The topological polar surface area (TPSA) is 80.4 Å². The van der Waals surface area contributed by atoms with Crippen LogP contribution in [0.25, 0.3) is 0 Å². The van der Waals surface area contributed by atoms with Crippen molar-refractivity contribution in [3.8, 4) is 0 Å². The third kappa shape index (κ3) is 4.00. The van der Waals surface area contributed by atoms with E-state index in [9.17, 15) is 14.3 Å². The van der Waals surface area contributed by atoms with Gasteiger partial charge in [-0.25, -0.2) is 0 Å². The van der Waals surface area contributed by atoms with Crippen molar-refractivity contribution >= 4 is 13.7 Å². The van der Waals surface area contributed by atoms with E-state index in [1.807, 2.05) is 13.8 Å². The maximum atomic E-state index is 11.2. The Morgan fingerprint density at radius 3 is 2.42 bits per heavy atom. The number of carbonyl (C=O) groups is 1. The highest BCUT2D eigenvalue weighted by Gasteiger charge is 2.27. The molecule has 5 heteroatoms. The zero-order valence-corrected chi connectivity index (χ0v) is 8.33. The van der Waals surface area contributed by atoms with E-state index < -0.39 is 13.2 Å². The van der Waals surface area contributed by atoms with E-state index >= 15 is 0 Å². The van der Waals surface area contributed by atoms with E-state index in [0.29, 0.717) is 12.7 Å². The Hall–Kier alpha value is -0.180. The van der Waals surface area contributed by atoms with E-state index in [0.717, 1.165) is 0 Å². The molecule has 0 saturated carbocycles. The van der Waals surface area contributed by atoms with Gasteiger partial charge in [0.15, 0.2) is 0 Å². The number of carbonyl (C=O) groups excluding carboxylic acids is 1. The smallest absolute Gasteiger partial charge is 0.223 e. The van der Waals surface area contributed by atoms with E-state index in [2.05, 4.69) is 0 Å². The van der Waals surface area contributed by atoms with Gasteiger partial charge in [-0.3, -0.25) is 4.57 Å². The van der Waals surface area contributed by atoms with E-state index in [-0.39, 0.29) is 12.1 Å². The van der Waals surface area contributed by atoms with Gasteiger partial charge in [0, 0.05) is 0 Å². The first-order chi connectivity index (χ1) is 5.40. The lowest BCUT2D eigenvalue weighted by molar-refractivity contribution is -0.105. The second-order valence-electron chi connectivity index (χ2n) is 3.30. The molecule has 0 spiro atoms. The van der Waals surface area contributed by atoms with Gasteiger partial charge < -0.3 is 15.4 Å². The summed E-state index contributed by atoms with van der Waals surface area (Å²) in [5, 5.41) is 0. The Morgan fingerprint density at radius 1 is 1.58 bits per heavy atom. The molecule has 0 saturated heterocycles. The van der Waals surface area contributed by atoms with Crippen molar-refractivity contribution in [1.82, 2.24) is 0 Å². The molecule has 0 rings (SSSR count). The Labute approximate surface area is 72.6 Å². The second kappa shape index (κ2) is 4.75. The molecule has 3 N–H and O–H groups in total. The Bertz CT molecular complexity index is 193. The van der Waals surface area contributed by atoms with Crippen molar-refractivity contribution in [2.45, 2.75) is 26.1 Å². The predicted molar refractivity (Wildman–Crippen MR) is 48.2 cm³/mol. The third-order valence-electron chi connectivity index (χ3n) is 1.57. The summed E-state index contributed by atoms with van der Waals surface area (Å²) >= 11 is 0. The average molecular weight is 193 g/mol. The van der Waals surface area contributed by atoms with Crippen LogP contribution in [0.15, 0.2) is 0 Å². The fourth-order valence-corrected chi connectivity index (χ4v) is 2.13. The molecule has 0 aliphatic carbocycles. The van der Waals surface area contributed by atoms with Gasteiger partial charge in [0.05, 0.1) is 11.9 Å². The maximum Gasteiger partial charge on any atom is 0.223 e. The molecule has 0 fully saturated rings. The van der Waals surface area contributed by atoms with Gasteiger partial charge in [-0.15, -0.1) is 0 Å². The molecule has 0 radical (unpaired) electrons. The molecule has 0 amide bonds. The largest absolute Gasteiger partial charge is 0.343 e. The van der Waals surface area contributed by atoms with Crippen molar-refractivity contribution in [2.24, 2.45) is 11.7 Å². The molecular weight excluding hydrogens is 177 g/mol. The summed E-state index contributed by atoms with van der Waals surface area (Å²) in [4.78, 5) is 19.3. The summed E-state index contributed by atoms with van der Waals surface area (Å²) in [6, 6.07) is 0. The Kier molecular flexibility index (Phi) is 4.68. The van der Waals surface area contributed by atoms with Crippen LogP contribution in [-0.2, 0) is 9.36 Å². The summed E-state index contributed by atoms with van der Waals surface area (Å²) in [5.74, 6) is -0.491. The van der Waals surface area contributed by atoms with Crippen molar-refractivity contribution in [1.29, 1.82) is 0 Å². The maximum absolute atomic E-state index is 11.2. The van der Waals surface area contributed by atoms with Gasteiger partial charge >= 0.3 is 0 Å². The lowest BCUT2D eigenvalue weighted by atomic mass is 10.1. The number of hydrogen-bond acceptors (Lipinski definition) is 3. The first-order valence-electron chi connectivity index (χ1n) is 3.91. The number of nitrogens with two attached hydrogens (primary N) is 1. The molecule has 0 heterocycles. The van der Waals surface area contributed by atoms with Crippen LogP contribution in [0.2, 0.25) is 0 Å². The van der Waals surface area contributed by atoms with E-state index in [1.54, 1.807) is 0 Å². The lowest BCUT2D eigenvalue weighted by Crippen LogP contribution is -2.23. The van der Waals surface area contributed by atoms with Crippen molar-refractivity contribution in [2.75, 3.05) is 6.16 Å². The molecule has 1 unspecified atom stereocenters. The number of hydrogen-bond donors (Lipinski definition) is 2. The molecule has 0 aliphatic rings. The highest BCUT2D eigenvalue weighted by atomic mass is 31.2. The first kappa shape index (κ1) is 11.8. The summed E-state index contributed by atoms with van der Waals surface area (Å²) in [5.41, 5.74) is 5.47. The molecule has 0 aromatic carbocycles. The van der Waals surface area contributed by atoms with Crippen LogP contribution in [0.4, 0.5) is 0 Å². The van der Waals surface area contributed by atoms with Gasteiger partial charge in [-0.05, 0) is 12.3 Å². The monoisotopic (exact) mass is 193 g/mol. The van der Waals surface area contributed by atoms with Crippen LogP contribution in [0.3, 0.4) is 0 Å². The van der Waals surface area contributed by atoms with Crippen molar-refractivity contribution < 1.29 is 14.3 Å². The van der Waals surface area contributed by atoms with E-state index in [1.165, 1.54) is 0 Å². The Balaban J connectivity index is 4.14. The lowest BCUT2D eigenvalue weighted by Gasteiger charge is -2.18. The molecule has 0 aliphatic heterocycles. The highest BCUT2D eigenvalue weighted by Crippen LogP contribution is 2.44. The molecule has 0 aromatic rings. The standard InChI is InChI=1S/C7H16NO3P/c1-6(2)5-7(8)12(10,11)4-3-9/h3,6-7H,4-5,8H2,1-2H3,(H,10,11)/t7-/m1/s1. The average Bonchev–Trinajstić information content (AvgIpc) is 1.85. The number of rotatable bonds is 5. The fraction of sp³-hybridized carbons (Fsp3) is 0.857. The van der Waals surface area contributed by atoms with Gasteiger partial charge in [0.25, 0.3) is 0 Å². The summed E-state index contributed by atoms with van der Waals surface area (Å²) in [7, 11) is -3.43. The molecular formula is C7H16NO3P. The fourth-order valence-electron chi connectivity index (χ4n) is 0.890. The van der Waals surface area contributed by atoms with Crippen LogP contribution < -0.4 is 5.73 Å². The molecule has 12 heavy (non-hydrogen) atoms. The zero-order chi connectivity index (χ0) is 9.78. The van der Waals surface area contributed by atoms with E-state index in [4.69, 9.17) is 5.73 Å². The number of aldehydes is 1. The van der Waals surface area contributed by atoms with Gasteiger partial charge in [-0.1, -0.05) is 13.8 Å². The summed E-state index contributed by atoms with van der Waals surface area (Å²) in [6.07, 6.45) is 0.587. The molecule has 2 atom stereocenters. The van der Waals surface area contributed by atoms with Crippen LogP contribution >= 0.6 is 7.37 Å². The minimum Gasteiger partial charge on any atom is -0.343 e. The molecule has 4 nitrogen and oxygen atoms in total. The zero-order valence-electron chi connectivity index (χ0n) is 7.43. The predicted octanol–water partition coefficient (Wildman–Crippen LogP) is 0.787. The minimum absolute atomic E-state index is 0.270. The Morgan fingerprint density at radius 2 is 2.08 bits per heavy atom. The van der Waals surface area contributed by atoms with Crippen LogP contribution in [-0.4, -0.2) is 23.1 Å². The van der Waals surface area contributed by atoms with Gasteiger partial charge in [0.1, 0.15) is 6.29 Å². The van der Waals surface area contributed by atoms with Crippen molar-refractivity contribution in [3.63, 3.8) is 0 Å². The minimum atomic E-state index is -3.43. The summed E-state index contributed by atoms with van der Waals surface area (Å²) < 4.78 is 11.2. The second-order valence-corrected chi connectivity index (χ2v) is 5.84. The van der Waals surface area contributed by atoms with Gasteiger partial charge in [-0.2, -0.15) is 0 Å². The normalized spacial score (nSPS) is 18.8. The van der Waals surface area contributed by atoms with Crippen LogP contribution in [0.5, 0.6) is 0 Å². The quantitative estimate of drug-likeness (QED) is 0.499. The van der Waals surface area contributed by atoms with Crippen LogP contribution in [0, 0.1) is 5.92 Å². The third-order valence-corrected chi connectivity index (χ3v) is 3.49. The molecule has 0 aromatic heterocycles. The SMILES string of the molecule is CC(C)C[C@H](N)P(=O)(O)CC=O. The molecule has 72 valence electrons. The van der Waals surface area contributed by atoms with Crippen LogP contribution in [0.1, 0.15) is 20.3 Å². The molecule has 0 bridgehead atoms.